The van der Waals surface area contributed by atoms with Crippen molar-refractivity contribution >= 4 is 16.8 Å². The Morgan fingerprint density at radius 2 is 1.51 bits per heavy atom. The molecule has 1 amide bonds. The van der Waals surface area contributed by atoms with E-state index in [1.54, 1.807) is 7.11 Å². The van der Waals surface area contributed by atoms with E-state index < -0.39 is 0 Å². The van der Waals surface area contributed by atoms with Crippen molar-refractivity contribution in [3.63, 3.8) is 0 Å². The predicted molar refractivity (Wildman–Crippen MR) is 172 cm³/mol. The van der Waals surface area contributed by atoms with Crippen molar-refractivity contribution in [1.29, 1.82) is 0 Å². The Kier molecular flexibility index (Phi) is 8.75. The van der Waals surface area contributed by atoms with E-state index in [1.807, 2.05) is 59.5 Å². The van der Waals surface area contributed by atoms with Crippen LogP contribution in [0.5, 0.6) is 17.2 Å². The van der Waals surface area contributed by atoms with Crippen molar-refractivity contribution in [1.82, 2.24) is 14.4 Å². The highest BCUT2D eigenvalue weighted by Gasteiger charge is 2.27. The average Bonchev–Trinajstić information content (AvgIpc) is 3.42. The number of fused-ring (bicyclic) bond motifs is 1. The molecule has 0 aliphatic carbocycles. The fourth-order valence-electron chi connectivity index (χ4n) is 6.06. The van der Waals surface area contributed by atoms with Crippen molar-refractivity contribution in [2.45, 2.75) is 25.8 Å². The van der Waals surface area contributed by atoms with E-state index in [4.69, 9.17) is 9.47 Å². The fourth-order valence-corrected chi connectivity index (χ4v) is 6.06. The monoisotopic (exact) mass is 573 g/mol. The molecule has 0 radical (unpaired) electrons. The summed E-state index contributed by atoms with van der Waals surface area (Å²) in [5, 5.41) is 1.17. The molecule has 0 N–H and O–H groups in total. The van der Waals surface area contributed by atoms with E-state index >= 15 is 0 Å². The highest BCUT2D eigenvalue weighted by Crippen LogP contribution is 2.37. The number of carbonyl (C=O) groups is 1. The van der Waals surface area contributed by atoms with Crippen LogP contribution in [0.1, 0.15) is 36.0 Å². The second kappa shape index (κ2) is 13.2. The summed E-state index contributed by atoms with van der Waals surface area (Å²) in [6, 6.07) is 34.8. The second-order valence-electron chi connectivity index (χ2n) is 11.1. The normalized spacial score (nSPS) is 14.5. The van der Waals surface area contributed by atoms with Gasteiger partial charge in [0.15, 0.2) is 0 Å². The van der Waals surface area contributed by atoms with Crippen molar-refractivity contribution in [2.24, 2.45) is 0 Å². The number of hydrogen-bond acceptors (Lipinski definition) is 4. The average molecular weight is 574 g/mol. The lowest BCUT2D eigenvalue weighted by atomic mass is 9.87. The van der Waals surface area contributed by atoms with Crippen LogP contribution in [0, 0.1) is 0 Å². The number of methoxy groups -OCH3 is 1. The van der Waals surface area contributed by atoms with Gasteiger partial charge in [-0.15, -0.1) is 0 Å². The topological polar surface area (TPSA) is 46.9 Å². The second-order valence-corrected chi connectivity index (χ2v) is 11.1. The standard InChI is InChI=1S/C37H39N3O3/c1-3-38-20-22-39(23-21-38)37(41)25-34(29-10-9-13-32(24-29)43-31-11-5-4-6-12-31)35-27-40(36-15-8-7-14-33(35)36)26-28-16-18-30(42-2)19-17-28/h4-19,24,27,34H,3,20-23,25-26H2,1-2H3/t34-/m0/s1. The molecule has 6 rings (SSSR count). The number of ether oxygens (including phenoxy) is 2. The molecule has 43 heavy (non-hydrogen) atoms. The minimum absolute atomic E-state index is 0.127. The van der Waals surface area contributed by atoms with Crippen LogP contribution in [0.4, 0.5) is 0 Å². The molecule has 4 aromatic carbocycles. The molecule has 220 valence electrons. The van der Waals surface area contributed by atoms with Crippen LogP contribution in [0.25, 0.3) is 10.9 Å². The number of piperazine rings is 1. The molecule has 0 saturated carbocycles. The molecule has 1 atom stereocenters. The van der Waals surface area contributed by atoms with Crippen molar-refractivity contribution in [3.05, 3.63) is 126 Å². The summed E-state index contributed by atoms with van der Waals surface area (Å²) in [6.07, 6.45) is 2.64. The van der Waals surface area contributed by atoms with E-state index in [1.165, 1.54) is 10.9 Å². The van der Waals surface area contributed by atoms with Gasteiger partial charge in [-0.3, -0.25) is 4.79 Å². The molecule has 6 nitrogen and oxygen atoms in total. The zero-order chi connectivity index (χ0) is 29.6. The van der Waals surface area contributed by atoms with Gasteiger partial charge in [0.1, 0.15) is 17.2 Å². The van der Waals surface area contributed by atoms with E-state index in [0.717, 1.165) is 73.2 Å². The van der Waals surface area contributed by atoms with Gasteiger partial charge in [0.2, 0.25) is 5.91 Å². The SMILES string of the molecule is CCN1CCN(C(=O)C[C@@H](c2cccc(Oc3ccccc3)c2)c2cn(Cc3ccc(OC)cc3)c3ccccc23)CC1. The number of para-hydroxylation sites is 2. The minimum atomic E-state index is -0.127. The van der Waals surface area contributed by atoms with Gasteiger partial charge in [0.25, 0.3) is 0 Å². The summed E-state index contributed by atoms with van der Waals surface area (Å²) in [5.74, 6) is 2.47. The molecule has 0 bridgehead atoms. The zero-order valence-corrected chi connectivity index (χ0v) is 25.0. The van der Waals surface area contributed by atoms with E-state index in [0.29, 0.717) is 6.42 Å². The predicted octanol–water partition coefficient (Wildman–Crippen LogP) is 7.18. The molecule has 0 unspecified atom stereocenters. The van der Waals surface area contributed by atoms with Crippen LogP contribution in [0.3, 0.4) is 0 Å². The molecule has 1 saturated heterocycles. The molecule has 1 fully saturated rings. The van der Waals surface area contributed by atoms with Crippen molar-refractivity contribution < 1.29 is 14.3 Å². The molecule has 1 aromatic heterocycles. The Morgan fingerprint density at radius 3 is 2.26 bits per heavy atom. The summed E-state index contributed by atoms with van der Waals surface area (Å²) in [5.41, 5.74) is 4.56. The van der Waals surface area contributed by atoms with Gasteiger partial charge >= 0.3 is 0 Å². The first-order chi connectivity index (χ1) is 21.1. The number of nitrogens with zero attached hydrogens (tertiary/aromatic N) is 3. The Bertz CT molecular complexity index is 1650. The Balaban J connectivity index is 1.37. The van der Waals surface area contributed by atoms with Gasteiger partial charge in [-0.2, -0.15) is 0 Å². The summed E-state index contributed by atoms with van der Waals surface area (Å²) >= 11 is 0. The molecular weight excluding hydrogens is 534 g/mol. The van der Waals surface area contributed by atoms with Crippen LogP contribution in [-0.4, -0.2) is 60.1 Å². The lowest BCUT2D eigenvalue weighted by Gasteiger charge is -2.35. The molecule has 6 heteroatoms. The summed E-state index contributed by atoms with van der Waals surface area (Å²) in [7, 11) is 1.69. The molecule has 1 aliphatic heterocycles. The van der Waals surface area contributed by atoms with Crippen LogP contribution < -0.4 is 9.47 Å². The number of benzene rings is 4. The van der Waals surface area contributed by atoms with Crippen LogP contribution in [-0.2, 0) is 11.3 Å². The number of aromatic nitrogens is 1. The number of carbonyl (C=O) groups excluding carboxylic acids is 1. The van der Waals surface area contributed by atoms with Crippen LogP contribution >= 0.6 is 0 Å². The van der Waals surface area contributed by atoms with Crippen LogP contribution in [0.15, 0.2) is 109 Å². The third kappa shape index (κ3) is 6.60. The van der Waals surface area contributed by atoms with Gasteiger partial charge in [-0.05, 0) is 65.7 Å². The highest BCUT2D eigenvalue weighted by molar-refractivity contribution is 5.87. The number of amides is 1. The number of likely N-dealkylation sites (N-methyl/N-ethyl adjacent to an activating group) is 1. The maximum absolute atomic E-state index is 13.9. The largest absolute Gasteiger partial charge is 0.497 e. The zero-order valence-electron chi connectivity index (χ0n) is 25.0. The van der Waals surface area contributed by atoms with Gasteiger partial charge in [-0.1, -0.05) is 67.6 Å². The van der Waals surface area contributed by atoms with E-state index in [-0.39, 0.29) is 11.8 Å². The van der Waals surface area contributed by atoms with Gasteiger partial charge in [0, 0.05) is 62.2 Å². The summed E-state index contributed by atoms with van der Waals surface area (Å²) in [6.45, 7) is 7.32. The van der Waals surface area contributed by atoms with Crippen molar-refractivity contribution in [2.75, 3.05) is 39.8 Å². The number of rotatable bonds is 10. The molecule has 5 aromatic rings. The Morgan fingerprint density at radius 1 is 0.791 bits per heavy atom. The molecular formula is C37H39N3O3. The Labute approximate surface area is 254 Å². The quantitative estimate of drug-likeness (QED) is 0.178. The highest BCUT2D eigenvalue weighted by atomic mass is 16.5. The first-order valence-electron chi connectivity index (χ1n) is 15.1. The summed E-state index contributed by atoms with van der Waals surface area (Å²) in [4.78, 5) is 18.3. The molecule has 0 spiro atoms. The van der Waals surface area contributed by atoms with E-state index in [9.17, 15) is 4.79 Å². The maximum Gasteiger partial charge on any atom is 0.223 e. The van der Waals surface area contributed by atoms with Crippen molar-refractivity contribution in [3.8, 4) is 17.2 Å². The molecule has 2 heterocycles. The Hall–Kier alpha value is -4.55. The summed E-state index contributed by atoms with van der Waals surface area (Å²) < 4.78 is 13.9. The van der Waals surface area contributed by atoms with Crippen LogP contribution in [0.2, 0.25) is 0 Å². The molecule has 1 aliphatic rings. The van der Waals surface area contributed by atoms with E-state index in [2.05, 4.69) is 71.1 Å². The first kappa shape index (κ1) is 28.6. The fraction of sp³-hybridized carbons (Fsp3) is 0.270. The lowest BCUT2D eigenvalue weighted by molar-refractivity contribution is -0.133. The maximum atomic E-state index is 13.9. The van der Waals surface area contributed by atoms with Gasteiger partial charge < -0.3 is 23.8 Å². The van der Waals surface area contributed by atoms with Gasteiger partial charge in [-0.25, -0.2) is 0 Å². The third-order valence-electron chi connectivity index (χ3n) is 8.50. The first-order valence-corrected chi connectivity index (χ1v) is 15.1. The van der Waals surface area contributed by atoms with Gasteiger partial charge in [0.05, 0.1) is 7.11 Å². The third-order valence-corrected chi connectivity index (χ3v) is 8.50. The number of hydrogen-bond donors (Lipinski definition) is 0. The smallest absolute Gasteiger partial charge is 0.223 e. The lowest BCUT2D eigenvalue weighted by Crippen LogP contribution is -2.48. The minimum Gasteiger partial charge on any atom is -0.497 e.